The zero-order chi connectivity index (χ0) is 28.7. The molecule has 0 bridgehead atoms. The fourth-order valence-corrected chi connectivity index (χ4v) is 4.50. The molecule has 3 rings (SSSR count). The van der Waals surface area contributed by atoms with E-state index in [1.165, 1.54) is 11.1 Å². The highest BCUT2D eigenvalue weighted by atomic mass is 16.5. The number of ether oxygens (including phenoxy) is 2. The van der Waals surface area contributed by atoms with E-state index in [2.05, 4.69) is 109 Å². The minimum atomic E-state index is 0.668. The lowest BCUT2D eigenvalue weighted by Gasteiger charge is -2.29. The van der Waals surface area contributed by atoms with E-state index >= 15 is 0 Å². The highest BCUT2D eigenvalue weighted by Crippen LogP contribution is 2.36. The topological polar surface area (TPSA) is 24.9 Å². The maximum Gasteiger partial charge on any atom is 0.0502 e. The number of methoxy groups -OCH3 is 2. The number of allylic oxidation sites excluding steroid dienone is 6. The van der Waals surface area contributed by atoms with Crippen LogP contribution in [-0.4, -0.2) is 27.4 Å². The van der Waals surface area contributed by atoms with Crippen LogP contribution in [0.2, 0.25) is 0 Å². The smallest absolute Gasteiger partial charge is 0.0502 e. The van der Waals surface area contributed by atoms with Crippen molar-refractivity contribution < 1.29 is 9.47 Å². The summed E-state index contributed by atoms with van der Waals surface area (Å²) in [6.07, 6.45) is 12.8. The first-order chi connectivity index (χ1) is 19.6. The Kier molecular flexibility index (Phi) is 12.0. The average Bonchev–Trinajstić information content (AvgIpc) is 2.99. The van der Waals surface area contributed by atoms with Crippen LogP contribution in [0.1, 0.15) is 11.1 Å². The molecule has 0 spiro atoms. The van der Waals surface area contributed by atoms with Crippen LogP contribution >= 0.6 is 0 Å². The summed E-state index contributed by atoms with van der Waals surface area (Å²) in [4.78, 5) is 4.36. The molecule has 4 nitrogen and oxygen atoms in total. The maximum atomic E-state index is 5.30. The molecule has 40 heavy (non-hydrogen) atoms. The number of hydrogen-bond donors (Lipinski definition) is 0. The normalized spacial score (nSPS) is 11.6. The zero-order valence-electron chi connectivity index (χ0n) is 23.8. The van der Waals surface area contributed by atoms with Crippen molar-refractivity contribution in [2.45, 2.75) is 12.8 Å². The molecular formula is C36H40N2O2. The number of hydrogen-bond acceptors (Lipinski definition) is 4. The molecule has 0 saturated heterocycles. The Balaban J connectivity index is 2.09. The number of anilines is 4. The summed E-state index contributed by atoms with van der Waals surface area (Å²) in [6.45, 7) is 17.3. The van der Waals surface area contributed by atoms with Gasteiger partial charge in [0.15, 0.2) is 0 Å². The largest absolute Gasteiger partial charge is 0.384 e. The van der Waals surface area contributed by atoms with Crippen LogP contribution in [-0.2, 0) is 22.3 Å². The Morgan fingerprint density at radius 3 is 1.32 bits per heavy atom. The van der Waals surface area contributed by atoms with E-state index in [-0.39, 0.29) is 0 Å². The summed E-state index contributed by atoms with van der Waals surface area (Å²) < 4.78 is 10.6. The van der Waals surface area contributed by atoms with Crippen molar-refractivity contribution in [3.63, 3.8) is 0 Å². The molecule has 0 aliphatic heterocycles. The van der Waals surface area contributed by atoms with Gasteiger partial charge in [-0.15, -0.1) is 0 Å². The summed E-state index contributed by atoms with van der Waals surface area (Å²) in [5.41, 5.74) is 8.33. The first-order valence-corrected chi connectivity index (χ1v) is 13.4. The molecular weight excluding hydrogens is 492 g/mol. The summed E-state index contributed by atoms with van der Waals surface area (Å²) >= 11 is 0. The third-order valence-corrected chi connectivity index (χ3v) is 6.41. The molecule has 0 amide bonds. The third-order valence-electron chi connectivity index (χ3n) is 6.41. The predicted molar refractivity (Wildman–Crippen MR) is 172 cm³/mol. The highest BCUT2D eigenvalue weighted by molar-refractivity contribution is 5.76. The second kappa shape index (κ2) is 15.9. The van der Waals surface area contributed by atoms with Gasteiger partial charge < -0.3 is 19.3 Å². The molecule has 0 fully saturated rings. The summed E-state index contributed by atoms with van der Waals surface area (Å²) in [6, 6.07) is 25.4. The molecule has 206 valence electrons. The zero-order valence-corrected chi connectivity index (χ0v) is 23.8. The second-order valence-electron chi connectivity index (χ2n) is 9.08. The van der Waals surface area contributed by atoms with Gasteiger partial charge in [-0.25, -0.2) is 0 Å². The molecule has 3 aromatic rings. The van der Waals surface area contributed by atoms with Crippen LogP contribution in [0.25, 0.3) is 0 Å². The molecule has 0 N–H and O–H groups in total. The lowest BCUT2D eigenvalue weighted by atomic mass is 10.1. The van der Waals surface area contributed by atoms with Gasteiger partial charge in [-0.3, -0.25) is 0 Å². The van der Waals surface area contributed by atoms with E-state index in [1.807, 2.05) is 24.3 Å². The molecule has 3 aromatic carbocycles. The van der Waals surface area contributed by atoms with Crippen molar-refractivity contribution in [1.29, 1.82) is 0 Å². The monoisotopic (exact) mass is 532 g/mol. The standard InChI is InChI=1S/C36H40N2O2/c1-7-13-31(9-3)37(35-17-11-15-29(27-35)23-25-39-5)33-19-21-34(22-20-33)38(32(10-4)14-8-2)36-18-12-16-30(28-36)24-26-40-6/h7-22,27-28H,1-4,23-26H2,5-6H3/b31-13+,32-14+. The van der Waals surface area contributed by atoms with E-state index in [0.717, 1.165) is 47.0 Å². The third kappa shape index (κ3) is 7.82. The van der Waals surface area contributed by atoms with Crippen LogP contribution < -0.4 is 9.80 Å². The molecule has 0 unspecified atom stereocenters. The van der Waals surface area contributed by atoms with Gasteiger partial charge in [0.05, 0.1) is 13.2 Å². The van der Waals surface area contributed by atoms with E-state index in [9.17, 15) is 0 Å². The molecule has 0 aliphatic carbocycles. The Bertz CT molecular complexity index is 1250. The molecule has 0 radical (unpaired) electrons. The summed E-state index contributed by atoms with van der Waals surface area (Å²) in [7, 11) is 3.45. The molecule has 4 heteroatoms. The van der Waals surface area contributed by atoms with Gasteiger partial charge >= 0.3 is 0 Å². The Morgan fingerprint density at radius 1 is 0.600 bits per heavy atom. The quantitative estimate of drug-likeness (QED) is 0.172. The first kappa shape index (κ1) is 30.2. The number of benzene rings is 3. The van der Waals surface area contributed by atoms with Crippen LogP contribution in [0.5, 0.6) is 0 Å². The molecule has 0 aromatic heterocycles. The second-order valence-corrected chi connectivity index (χ2v) is 9.08. The van der Waals surface area contributed by atoms with E-state index < -0.39 is 0 Å². The van der Waals surface area contributed by atoms with Crippen LogP contribution in [0.4, 0.5) is 22.7 Å². The summed E-state index contributed by atoms with van der Waals surface area (Å²) in [5, 5.41) is 0. The SMILES string of the molecule is C=C/C=C(\C=C)N(c1ccc(N(/C(C=C)=C/C=C)c2cccc(CCOC)c2)cc1)c1cccc(CCOC)c1. The fourth-order valence-electron chi connectivity index (χ4n) is 4.50. The van der Waals surface area contributed by atoms with Crippen molar-refractivity contribution in [1.82, 2.24) is 0 Å². The maximum absolute atomic E-state index is 5.30. The van der Waals surface area contributed by atoms with Crippen molar-refractivity contribution in [3.05, 3.63) is 158 Å². The van der Waals surface area contributed by atoms with E-state index in [0.29, 0.717) is 13.2 Å². The van der Waals surface area contributed by atoms with Crippen molar-refractivity contribution in [2.24, 2.45) is 0 Å². The van der Waals surface area contributed by atoms with Crippen LogP contribution in [0, 0.1) is 0 Å². The predicted octanol–water partition coefficient (Wildman–Crippen LogP) is 8.85. The lowest BCUT2D eigenvalue weighted by molar-refractivity contribution is 0.202. The van der Waals surface area contributed by atoms with Gasteiger partial charge in [0.25, 0.3) is 0 Å². The van der Waals surface area contributed by atoms with Gasteiger partial charge in [-0.05, 0) is 96.8 Å². The molecule has 0 aliphatic rings. The Hall–Kier alpha value is -4.38. The van der Waals surface area contributed by atoms with Gasteiger partial charge in [0, 0.05) is 48.4 Å². The van der Waals surface area contributed by atoms with Crippen LogP contribution in [0.15, 0.2) is 147 Å². The number of rotatable bonds is 16. The van der Waals surface area contributed by atoms with E-state index in [1.54, 1.807) is 26.4 Å². The van der Waals surface area contributed by atoms with Crippen molar-refractivity contribution in [2.75, 3.05) is 37.2 Å². The van der Waals surface area contributed by atoms with Crippen molar-refractivity contribution >= 4 is 22.7 Å². The molecule has 0 saturated carbocycles. The fraction of sp³-hybridized carbons (Fsp3) is 0.167. The highest BCUT2D eigenvalue weighted by Gasteiger charge is 2.17. The van der Waals surface area contributed by atoms with Gasteiger partial charge in [0.2, 0.25) is 0 Å². The first-order valence-electron chi connectivity index (χ1n) is 13.4. The Morgan fingerprint density at radius 2 is 1.00 bits per heavy atom. The average molecular weight is 533 g/mol. The molecule has 0 atom stereocenters. The lowest BCUT2D eigenvalue weighted by Crippen LogP contribution is -2.17. The summed E-state index contributed by atoms with van der Waals surface area (Å²) in [5.74, 6) is 0. The Labute approximate surface area is 240 Å². The van der Waals surface area contributed by atoms with E-state index in [4.69, 9.17) is 9.47 Å². The van der Waals surface area contributed by atoms with Gasteiger partial charge in [-0.1, -0.05) is 62.7 Å². The minimum absolute atomic E-state index is 0.668. The van der Waals surface area contributed by atoms with Crippen molar-refractivity contribution in [3.8, 4) is 0 Å². The van der Waals surface area contributed by atoms with Gasteiger partial charge in [0.1, 0.15) is 0 Å². The van der Waals surface area contributed by atoms with Gasteiger partial charge in [-0.2, -0.15) is 0 Å². The minimum Gasteiger partial charge on any atom is -0.384 e. The number of nitrogens with zero attached hydrogens (tertiary/aromatic N) is 2. The molecule has 0 heterocycles. The van der Waals surface area contributed by atoms with Crippen LogP contribution in [0.3, 0.4) is 0 Å².